The highest BCUT2D eigenvalue weighted by Gasteiger charge is 2.40. The molecule has 2 amide bonds. The number of nitro groups is 1. The van der Waals surface area contributed by atoms with Gasteiger partial charge in [-0.3, -0.25) is 15.0 Å². The van der Waals surface area contributed by atoms with Crippen LogP contribution in [0.4, 0.5) is 16.2 Å². The summed E-state index contributed by atoms with van der Waals surface area (Å²) in [6.45, 7) is 0. The van der Waals surface area contributed by atoms with E-state index in [1.165, 1.54) is 18.6 Å². The lowest BCUT2D eigenvalue weighted by Crippen LogP contribution is -2.57. The lowest BCUT2D eigenvalue weighted by molar-refractivity contribution is -0.384. The second kappa shape index (κ2) is 7.60. The first-order chi connectivity index (χ1) is 14.9. The highest BCUT2D eigenvalue weighted by molar-refractivity contribution is 5.96. The third-order valence-electron chi connectivity index (χ3n) is 6.98. The number of hydrogen-bond acceptors (Lipinski definition) is 7. The number of anilines is 1. The average molecular weight is 426 g/mol. The summed E-state index contributed by atoms with van der Waals surface area (Å²) in [4.78, 5) is 32.1. The molecule has 2 aliphatic heterocycles. The van der Waals surface area contributed by atoms with Crippen LogP contribution in [0.25, 0.3) is 11.5 Å². The third-order valence-corrected chi connectivity index (χ3v) is 6.98. The van der Waals surface area contributed by atoms with Gasteiger partial charge in [0.1, 0.15) is 0 Å². The molecule has 1 aliphatic carbocycles. The summed E-state index contributed by atoms with van der Waals surface area (Å²) in [6, 6.07) is 4.48. The topological polar surface area (TPSA) is 132 Å². The third kappa shape index (κ3) is 3.65. The Bertz CT molecular complexity index is 1010. The molecule has 3 heterocycles. The molecule has 1 saturated carbocycles. The van der Waals surface area contributed by atoms with Crippen molar-refractivity contribution in [2.45, 2.75) is 69.0 Å². The van der Waals surface area contributed by atoms with Crippen molar-refractivity contribution in [3.63, 3.8) is 0 Å². The number of amides is 2. The molecule has 3 aliphatic rings. The molecule has 1 aromatic heterocycles. The number of aromatic nitrogens is 2. The number of hydrogen-bond donors (Lipinski definition) is 1. The number of rotatable bonds is 5. The van der Waals surface area contributed by atoms with Crippen LogP contribution < -0.4 is 10.6 Å². The molecular formula is C21H26N6O4. The van der Waals surface area contributed by atoms with E-state index < -0.39 is 11.0 Å². The Morgan fingerprint density at radius 3 is 2.58 bits per heavy atom. The Hall–Kier alpha value is -3.01. The van der Waals surface area contributed by atoms with Crippen LogP contribution in [0.3, 0.4) is 0 Å². The van der Waals surface area contributed by atoms with Crippen molar-refractivity contribution >= 4 is 17.4 Å². The predicted octanol–water partition coefficient (Wildman–Crippen LogP) is 3.42. The maximum absolute atomic E-state index is 12.7. The molecule has 10 heteroatoms. The van der Waals surface area contributed by atoms with Gasteiger partial charge < -0.3 is 15.2 Å². The van der Waals surface area contributed by atoms with Crippen LogP contribution in [-0.2, 0) is 0 Å². The lowest BCUT2D eigenvalue weighted by Gasteiger charge is -2.49. The highest BCUT2D eigenvalue weighted by atomic mass is 16.6. The van der Waals surface area contributed by atoms with E-state index in [2.05, 4.69) is 22.1 Å². The maximum Gasteiger partial charge on any atom is 0.319 e. The molecule has 3 fully saturated rings. The van der Waals surface area contributed by atoms with Crippen LogP contribution in [0.1, 0.15) is 56.7 Å². The maximum atomic E-state index is 12.7. The van der Waals surface area contributed by atoms with E-state index in [0.717, 1.165) is 38.5 Å². The normalized spacial score (nSPS) is 25.9. The van der Waals surface area contributed by atoms with Gasteiger partial charge in [0.05, 0.1) is 16.2 Å². The van der Waals surface area contributed by atoms with E-state index in [-0.39, 0.29) is 23.5 Å². The molecule has 31 heavy (non-hydrogen) atoms. The second-order valence-corrected chi connectivity index (χ2v) is 8.93. The van der Waals surface area contributed by atoms with Crippen molar-refractivity contribution in [1.29, 1.82) is 0 Å². The zero-order valence-electron chi connectivity index (χ0n) is 17.4. The Morgan fingerprint density at radius 1 is 1.26 bits per heavy atom. The molecule has 0 spiro atoms. The van der Waals surface area contributed by atoms with E-state index in [1.54, 1.807) is 11.0 Å². The second-order valence-electron chi connectivity index (χ2n) is 8.93. The number of carbonyl (C=O) groups is 1. The van der Waals surface area contributed by atoms with Gasteiger partial charge >= 0.3 is 6.03 Å². The van der Waals surface area contributed by atoms with Crippen molar-refractivity contribution in [1.82, 2.24) is 15.0 Å². The Morgan fingerprint density at radius 2 is 1.97 bits per heavy atom. The van der Waals surface area contributed by atoms with E-state index in [9.17, 15) is 14.9 Å². The molecule has 2 N–H and O–H groups in total. The number of piperidine rings is 2. The average Bonchev–Trinajstić information content (AvgIpc) is 3.45. The molecule has 0 radical (unpaired) electrons. The molecule has 10 nitrogen and oxygen atoms in total. The van der Waals surface area contributed by atoms with Gasteiger partial charge in [-0.25, -0.2) is 4.79 Å². The minimum absolute atomic E-state index is 0.0879. The fraction of sp³-hybridized carbons (Fsp3) is 0.571. The molecule has 5 rings (SSSR count). The number of urea groups is 1. The zero-order chi connectivity index (χ0) is 21.7. The van der Waals surface area contributed by atoms with E-state index in [0.29, 0.717) is 29.2 Å². The van der Waals surface area contributed by atoms with E-state index in [4.69, 9.17) is 10.3 Å². The van der Waals surface area contributed by atoms with E-state index >= 15 is 0 Å². The van der Waals surface area contributed by atoms with Crippen LogP contribution in [0, 0.1) is 10.1 Å². The SMILES string of the molecule is CN1C2CCCC1CC(N(C(N)=O)c1ccc([N+](=O)[O-])cc1-c1nc(C3CC3)no1)C2. The monoisotopic (exact) mass is 426 g/mol. The number of nitro benzene ring substituents is 1. The van der Waals surface area contributed by atoms with Crippen molar-refractivity contribution in [2.75, 3.05) is 11.9 Å². The summed E-state index contributed by atoms with van der Waals surface area (Å²) in [5.74, 6) is 1.06. The minimum atomic E-state index is -0.579. The van der Waals surface area contributed by atoms with Gasteiger partial charge in [-0.2, -0.15) is 4.98 Å². The summed E-state index contributed by atoms with van der Waals surface area (Å²) in [5.41, 5.74) is 6.62. The molecule has 164 valence electrons. The molecule has 1 aromatic carbocycles. The van der Waals surface area contributed by atoms with Gasteiger partial charge in [0.15, 0.2) is 5.82 Å². The van der Waals surface area contributed by atoms with Crippen molar-refractivity contribution in [2.24, 2.45) is 5.73 Å². The summed E-state index contributed by atoms with van der Waals surface area (Å²) in [6.07, 6.45) is 7.01. The Labute approximate surface area is 179 Å². The van der Waals surface area contributed by atoms with Crippen LogP contribution in [0.15, 0.2) is 22.7 Å². The number of non-ortho nitro benzene ring substituents is 1. The number of nitrogens with zero attached hydrogens (tertiary/aromatic N) is 5. The smallest absolute Gasteiger partial charge is 0.319 e. The molecule has 2 bridgehead atoms. The van der Waals surface area contributed by atoms with Crippen LogP contribution in [0.5, 0.6) is 0 Å². The van der Waals surface area contributed by atoms with Crippen molar-refractivity contribution < 1.29 is 14.2 Å². The van der Waals surface area contributed by atoms with E-state index in [1.807, 2.05) is 0 Å². The number of fused-ring (bicyclic) bond motifs is 2. The number of primary amides is 1. The Balaban J connectivity index is 1.56. The minimum Gasteiger partial charge on any atom is -0.351 e. The van der Waals surface area contributed by atoms with Gasteiger partial charge in [0.25, 0.3) is 11.6 Å². The molecule has 2 saturated heterocycles. The van der Waals surface area contributed by atoms with Gasteiger partial charge in [0, 0.05) is 36.2 Å². The number of benzene rings is 1. The first-order valence-electron chi connectivity index (χ1n) is 10.9. The largest absolute Gasteiger partial charge is 0.351 e. The van der Waals surface area contributed by atoms with Crippen LogP contribution >= 0.6 is 0 Å². The molecule has 2 aromatic rings. The summed E-state index contributed by atoms with van der Waals surface area (Å²) in [7, 11) is 2.15. The van der Waals surface area contributed by atoms with Gasteiger partial charge in [0.2, 0.25) is 0 Å². The highest BCUT2D eigenvalue weighted by Crippen LogP contribution is 2.42. The number of nitrogens with two attached hydrogens (primary N) is 1. The first-order valence-corrected chi connectivity index (χ1v) is 10.9. The molecular weight excluding hydrogens is 400 g/mol. The fourth-order valence-electron chi connectivity index (χ4n) is 5.16. The van der Waals surface area contributed by atoms with Gasteiger partial charge in [-0.1, -0.05) is 11.6 Å². The van der Waals surface area contributed by atoms with Crippen molar-refractivity contribution in [3.8, 4) is 11.5 Å². The lowest BCUT2D eigenvalue weighted by atomic mass is 9.81. The quantitative estimate of drug-likeness (QED) is 0.572. The molecule has 2 unspecified atom stereocenters. The van der Waals surface area contributed by atoms with Gasteiger partial charge in [-0.15, -0.1) is 0 Å². The zero-order valence-corrected chi connectivity index (χ0v) is 17.4. The fourth-order valence-corrected chi connectivity index (χ4v) is 5.16. The molecule has 2 atom stereocenters. The first kappa shape index (κ1) is 19.9. The number of carbonyl (C=O) groups excluding carboxylic acids is 1. The summed E-state index contributed by atoms with van der Waals surface area (Å²) < 4.78 is 5.47. The van der Waals surface area contributed by atoms with Crippen molar-refractivity contribution in [3.05, 3.63) is 34.1 Å². The van der Waals surface area contributed by atoms with Crippen LogP contribution in [0.2, 0.25) is 0 Å². The van der Waals surface area contributed by atoms with Crippen LogP contribution in [-0.4, -0.2) is 51.2 Å². The van der Waals surface area contributed by atoms with Gasteiger partial charge in [-0.05, 0) is 51.6 Å². The standard InChI is InChI=1S/C21H26N6O4/c1-25-13-3-2-4-14(25)10-16(9-13)26(21(22)28)18-8-7-15(27(29)30)11-17(18)20-23-19(24-31-20)12-5-6-12/h7-8,11-14,16H,2-6,9-10H2,1H3,(H2,22,28). The summed E-state index contributed by atoms with van der Waals surface area (Å²) in [5, 5.41) is 15.5. The Kier molecular flexibility index (Phi) is 4.88. The predicted molar refractivity (Wildman–Crippen MR) is 113 cm³/mol. The summed E-state index contributed by atoms with van der Waals surface area (Å²) >= 11 is 0.